The van der Waals surface area contributed by atoms with Crippen molar-refractivity contribution in [2.45, 2.75) is 18.9 Å². The van der Waals surface area contributed by atoms with Crippen molar-refractivity contribution in [2.24, 2.45) is 0 Å². The van der Waals surface area contributed by atoms with Crippen molar-refractivity contribution in [1.82, 2.24) is 5.32 Å². The first kappa shape index (κ1) is 6.78. The van der Waals surface area contributed by atoms with Crippen LogP contribution in [0.1, 0.15) is 12.8 Å². The summed E-state index contributed by atoms with van der Waals surface area (Å²) in [4.78, 5) is 0. The summed E-state index contributed by atoms with van der Waals surface area (Å²) in [5.41, 5.74) is 0.924. The molecule has 0 saturated carbocycles. The van der Waals surface area contributed by atoms with E-state index in [9.17, 15) is 0 Å². The van der Waals surface area contributed by atoms with Crippen molar-refractivity contribution in [3.8, 4) is 0 Å². The molecule has 0 radical (unpaired) electrons. The van der Waals surface area contributed by atoms with Crippen LogP contribution in [0.25, 0.3) is 0 Å². The van der Waals surface area contributed by atoms with Crippen LogP contribution in [0.4, 0.5) is 0 Å². The van der Waals surface area contributed by atoms with Gasteiger partial charge in [-0.15, -0.1) is 0 Å². The molecule has 1 atom stereocenters. The van der Waals surface area contributed by atoms with Gasteiger partial charge in [0.25, 0.3) is 0 Å². The Labute approximate surface area is 55.6 Å². The molecule has 1 saturated heterocycles. The predicted molar refractivity (Wildman–Crippen MR) is 37.3 cm³/mol. The third-order valence-electron chi connectivity index (χ3n) is 1.76. The number of hydrogen-bond donors (Lipinski definition) is 2. The molecule has 0 amide bonds. The minimum absolute atomic E-state index is 0.123. The van der Waals surface area contributed by atoms with Crippen molar-refractivity contribution in [3.05, 3.63) is 12.2 Å². The fourth-order valence-corrected chi connectivity index (χ4v) is 1.14. The Hall–Kier alpha value is -0.340. The van der Waals surface area contributed by atoms with Gasteiger partial charge in [-0.25, -0.2) is 0 Å². The molecule has 1 heterocycles. The van der Waals surface area contributed by atoms with E-state index in [1.807, 2.05) is 0 Å². The van der Waals surface area contributed by atoms with Gasteiger partial charge in [-0.2, -0.15) is 0 Å². The average molecular weight is 127 g/mol. The molecule has 1 fully saturated rings. The van der Waals surface area contributed by atoms with Crippen molar-refractivity contribution in [2.75, 3.05) is 13.2 Å². The normalized spacial score (nSPS) is 26.6. The van der Waals surface area contributed by atoms with Crippen LogP contribution in [0.15, 0.2) is 12.2 Å². The van der Waals surface area contributed by atoms with Gasteiger partial charge in [0, 0.05) is 6.04 Å². The molecule has 0 bridgehead atoms. The third-order valence-corrected chi connectivity index (χ3v) is 1.76. The fourth-order valence-electron chi connectivity index (χ4n) is 1.14. The minimum atomic E-state index is 0.123. The van der Waals surface area contributed by atoms with E-state index in [2.05, 4.69) is 11.9 Å². The topological polar surface area (TPSA) is 32.3 Å². The molecule has 0 aromatic heterocycles. The number of aliphatic hydroxyl groups is 1. The third kappa shape index (κ3) is 1.53. The molecular formula is C7H13NO. The second kappa shape index (κ2) is 2.99. The van der Waals surface area contributed by atoms with E-state index in [0.29, 0.717) is 6.04 Å². The highest BCUT2D eigenvalue weighted by molar-refractivity contribution is 5.07. The Kier molecular flexibility index (Phi) is 2.25. The van der Waals surface area contributed by atoms with Gasteiger partial charge >= 0.3 is 0 Å². The summed E-state index contributed by atoms with van der Waals surface area (Å²) in [6, 6.07) is 0.384. The standard InChI is InChI=1S/C7H13NO/c1-6(5-9)7-3-2-4-8-7/h7-9H,1-5H2. The van der Waals surface area contributed by atoms with E-state index in [1.54, 1.807) is 0 Å². The van der Waals surface area contributed by atoms with E-state index in [1.165, 1.54) is 6.42 Å². The molecule has 52 valence electrons. The zero-order valence-electron chi connectivity index (χ0n) is 5.56. The lowest BCUT2D eigenvalue weighted by atomic mass is 10.1. The molecule has 9 heavy (non-hydrogen) atoms. The van der Waals surface area contributed by atoms with E-state index in [4.69, 9.17) is 5.11 Å². The van der Waals surface area contributed by atoms with Gasteiger partial charge in [0.2, 0.25) is 0 Å². The summed E-state index contributed by atoms with van der Waals surface area (Å²) < 4.78 is 0. The Morgan fingerprint density at radius 2 is 2.56 bits per heavy atom. The molecule has 0 spiro atoms. The van der Waals surface area contributed by atoms with Crippen molar-refractivity contribution >= 4 is 0 Å². The quantitative estimate of drug-likeness (QED) is 0.522. The lowest BCUT2D eigenvalue weighted by Gasteiger charge is -2.09. The predicted octanol–water partition coefficient (Wildman–Crippen LogP) is 0.287. The van der Waals surface area contributed by atoms with Crippen molar-refractivity contribution < 1.29 is 5.11 Å². The van der Waals surface area contributed by atoms with E-state index < -0.39 is 0 Å². The van der Waals surface area contributed by atoms with Crippen molar-refractivity contribution in [3.63, 3.8) is 0 Å². The highest BCUT2D eigenvalue weighted by atomic mass is 16.3. The molecule has 1 aliphatic rings. The molecule has 0 aliphatic carbocycles. The summed E-state index contributed by atoms with van der Waals surface area (Å²) in [6.07, 6.45) is 2.35. The summed E-state index contributed by atoms with van der Waals surface area (Å²) in [5, 5.41) is 11.9. The molecule has 0 aromatic carbocycles. The number of hydrogen-bond acceptors (Lipinski definition) is 2. The number of nitrogens with one attached hydrogen (secondary N) is 1. The van der Waals surface area contributed by atoms with Gasteiger partial charge < -0.3 is 10.4 Å². The van der Waals surface area contributed by atoms with E-state index >= 15 is 0 Å². The van der Waals surface area contributed by atoms with Crippen LogP contribution >= 0.6 is 0 Å². The van der Waals surface area contributed by atoms with Crippen LogP contribution in [0.3, 0.4) is 0 Å². The maximum atomic E-state index is 8.66. The van der Waals surface area contributed by atoms with Crippen LogP contribution in [-0.4, -0.2) is 24.3 Å². The fraction of sp³-hybridized carbons (Fsp3) is 0.714. The van der Waals surface area contributed by atoms with Crippen LogP contribution in [-0.2, 0) is 0 Å². The van der Waals surface area contributed by atoms with Gasteiger partial charge in [0.1, 0.15) is 0 Å². The average Bonchev–Trinajstić information content (AvgIpc) is 2.37. The van der Waals surface area contributed by atoms with Gasteiger partial charge in [-0.05, 0) is 25.0 Å². The van der Waals surface area contributed by atoms with Crippen LogP contribution in [0.5, 0.6) is 0 Å². The Bertz CT molecular complexity index is 105. The van der Waals surface area contributed by atoms with Gasteiger partial charge in [0.05, 0.1) is 6.61 Å². The minimum Gasteiger partial charge on any atom is -0.392 e. The largest absolute Gasteiger partial charge is 0.392 e. The molecule has 2 nitrogen and oxygen atoms in total. The summed E-state index contributed by atoms with van der Waals surface area (Å²) >= 11 is 0. The van der Waals surface area contributed by atoms with Crippen LogP contribution in [0, 0.1) is 0 Å². The molecule has 2 N–H and O–H groups in total. The summed E-state index contributed by atoms with van der Waals surface area (Å²) in [5.74, 6) is 0. The monoisotopic (exact) mass is 127 g/mol. The van der Waals surface area contributed by atoms with Crippen molar-refractivity contribution in [1.29, 1.82) is 0 Å². The van der Waals surface area contributed by atoms with Crippen LogP contribution < -0.4 is 5.32 Å². The summed E-state index contributed by atoms with van der Waals surface area (Å²) in [7, 11) is 0. The number of aliphatic hydroxyl groups excluding tert-OH is 1. The smallest absolute Gasteiger partial charge is 0.0654 e. The molecular weight excluding hydrogens is 114 g/mol. The van der Waals surface area contributed by atoms with Gasteiger partial charge in [-0.1, -0.05) is 6.58 Å². The zero-order chi connectivity index (χ0) is 6.69. The Morgan fingerprint density at radius 3 is 3.00 bits per heavy atom. The second-order valence-electron chi connectivity index (χ2n) is 2.47. The number of rotatable bonds is 2. The summed E-state index contributed by atoms with van der Waals surface area (Å²) in [6.45, 7) is 4.94. The Morgan fingerprint density at radius 1 is 1.78 bits per heavy atom. The Balaban J connectivity index is 2.32. The zero-order valence-corrected chi connectivity index (χ0v) is 5.56. The molecule has 1 aliphatic heterocycles. The maximum Gasteiger partial charge on any atom is 0.0654 e. The van der Waals surface area contributed by atoms with Gasteiger partial charge in [0.15, 0.2) is 0 Å². The highest BCUT2D eigenvalue weighted by Crippen LogP contribution is 2.11. The molecule has 1 unspecified atom stereocenters. The first-order chi connectivity index (χ1) is 4.34. The first-order valence-electron chi connectivity index (χ1n) is 3.36. The first-order valence-corrected chi connectivity index (χ1v) is 3.36. The second-order valence-corrected chi connectivity index (χ2v) is 2.47. The van der Waals surface area contributed by atoms with E-state index in [0.717, 1.165) is 18.5 Å². The maximum absolute atomic E-state index is 8.66. The lowest BCUT2D eigenvalue weighted by Crippen LogP contribution is -2.24. The highest BCUT2D eigenvalue weighted by Gasteiger charge is 2.15. The molecule has 1 rings (SSSR count). The SMILES string of the molecule is C=C(CO)C1CCCN1. The van der Waals surface area contributed by atoms with E-state index in [-0.39, 0.29) is 6.61 Å². The molecule has 0 aromatic rings. The van der Waals surface area contributed by atoms with Gasteiger partial charge in [-0.3, -0.25) is 0 Å². The van der Waals surface area contributed by atoms with Crippen LogP contribution in [0.2, 0.25) is 0 Å². The molecule has 2 heteroatoms. The lowest BCUT2D eigenvalue weighted by molar-refractivity contribution is 0.320.